The van der Waals surface area contributed by atoms with Crippen LogP contribution in [0.25, 0.3) is 0 Å². The lowest BCUT2D eigenvalue weighted by molar-refractivity contribution is 0.583. The summed E-state index contributed by atoms with van der Waals surface area (Å²) >= 11 is 4.85. The van der Waals surface area contributed by atoms with E-state index in [9.17, 15) is 8.78 Å². The lowest BCUT2D eigenvalue weighted by Crippen LogP contribution is -2.20. The summed E-state index contributed by atoms with van der Waals surface area (Å²) in [6, 6.07) is 10.5. The van der Waals surface area contributed by atoms with Crippen molar-refractivity contribution in [2.45, 2.75) is 11.8 Å². The van der Waals surface area contributed by atoms with Crippen LogP contribution in [0.1, 0.15) is 17.2 Å². The topological polar surface area (TPSA) is 12.0 Å². The Kier molecular flexibility index (Phi) is 3.98. The molecule has 1 N–H and O–H groups in total. The van der Waals surface area contributed by atoms with E-state index in [2.05, 4.69) is 27.3 Å². The predicted molar refractivity (Wildman–Crippen MR) is 83.0 cm³/mol. The summed E-state index contributed by atoms with van der Waals surface area (Å²) in [5.74, 6) is 0.584. The maximum atomic E-state index is 13.9. The molecule has 0 aliphatic carbocycles. The molecule has 5 heteroatoms. The fourth-order valence-corrected chi connectivity index (χ4v) is 3.86. The minimum absolute atomic E-state index is 0.0597. The normalized spacial score (nSPS) is 17.6. The van der Waals surface area contributed by atoms with E-state index in [1.54, 1.807) is 11.8 Å². The van der Waals surface area contributed by atoms with Crippen molar-refractivity contribution in [1.82, 2.24) is 0 Å². The van der Waals surface area contributed by atoms with Crippen LogP contribution in [-0.4, -0.2) is 5.75 Å². The maximum absolute atomic E-state index is 13.9. The Bertz CT molecular complexity index is 625. The number of anilines is 1. The summed E-state index contributed by atoms with van der Waals surface area (Å²) in [5.41, 5.74) is 2.28. The van der Waals surface area contributed by atoms with Gasteiger partial charge in [-0.15, -0.1) is 0 Å². The standard InChI is InChI=1S/C15H12BrF2NS/c16-10-5-12(17)15(13(18)6-10)19-14-8-20-7-9-3-1-2-4-11(9)14/h1-6,14,19H,7-8H2. The molecule has 1 aliphatic rings. The number of halogens is 3. The Morgan fingerprint density at radius 1 is 1.15 bits per heavy atom. The molecule has 0 saturated heterocycles. The molecule has 1 aliphatic heterocycles. The maximum Gasteiger partial charge on any atom is 0.150 e. The van der Waals surface area contributed by atoms with Crippen molar-refractivity contribution >= 4 is 33.4 Å². The largest absolute Gasteiger partial charge is 0.373 e. The average Bonchev–Trinajstić information content (AvgIpc) is 2.43. The van der Waals surface area contributed by atoms with Crippen LogP contribution in [0.2, 0.25) is 0 Å². The van der Waals surface area contributed by atoms with E-state index in [-0.39, 0.29) is 11.7 Å². The van der Waals surface area contributed by atoms with Crippen LogP contribution >= 0.6 is 27.7 Å². The summed E-state index contributed by atoms with van der Waals surface area (Å²) in [6.45, 7) is 0. The van der Waals surface area contributed by atoms with Crippen molar-refractivity contribution in [2.75, 3.05) is 11.1 Å². The number of benzene rings is 2. The molecule has 0 spiro atoms. The van der Waals surface area contributed by atoms with E-state index < -0.39 is 11.6 Å². The molecular formula is C15H12BrF2NS. The summed E-state index contributed by atoms with van der Waals surface area (Å²) in [4.78, 5) is 0. The molecule has 0 saturated carbocycles. The van der Waals surface area contributed by atoms with Gasteiger partial charge in [0.2, 0.25) is 0 Å². The number of fused-ring (bicyclic) bond motifs is 1. The van der Waals surface area contributed by atoms with Gasteiger partial charge in [-0.25, -0.2) is 8.78 Å². The van der Waals surface area contributed by atoms with E-state index in [0.29, 0.717) is 4.47 Å². The second-order valence-corrected chi connectivity index (χ2v) is 6.60. The fraction of sp³-hybridized carbons (Fsp3) is 0.200. The Balaban J connectivity index is 1.94. The van der Waals surface area contributed by atoms with Gasteiger partial charge in [0.25, 0.3) is 0 Å². The van der Waals surface area contributed by atoms with Gasteiger partial charge in [-0.1, -0.05) is 40.2 Å². The zero-order chi connectivity index (χ0) is 14.1. The van der Waals surface area contributed by atoms with Crippen molar-refractivity contribution < 1.29 is 8.78 Å². The third-order valence-corrected chi connectivity index (χ3v) is 4.84. The molecule has 1 heterocycles. The molecule has 0 fully saturated rings. The predicted octanol–water partition coefficient (Wildman–Crippen LogP) is 5.13. The van der Waals surface area contributed by atoms with Crippen LogP contribution in [0.4, 0.5) is 14.5 Å². The van der Waals surface area contributed by atoms with Crippen LogP contribution < -0.4 is 5.32 Å². The molecule has 20 heavy (non-hydrogen) atoms. The minimum atomic E-state index is -0.579. The molecule has 1 atom stereocenters. The van der Waals surface area contributed by atoms with Gasteiger partial charge in [-0.2, -0.15) is 11.8 Å². The zero-order valence-electron chi connectivity index (χ0n) is 10.5. The molecule has 0 amide bonds. The summed E-state index contributed by atoms with van der Waals surface area (Å²) in [6.07, 6.45) is 0. The van der Waals surface area contributed by atoms with E-state index >= 15 is 0 Å². The molecule has 0 radical (unpaired) electrons. The van der Waals surface area contributed by atoms with Gasteiger partial charge in [-0.05, 0) is 23.3 Å². The number of rotatable bonds is 2. The van der Waals surface area contributed by atoms with Crippen molar-refractivity contribution in [2.24, 2.45) is 0 Å². The van der Waals surface area contributed by atoms with Crippen molar-refractivity contribution in [1.29, 1.82) is 0 Å². The van der Waals surface area contributed by atoms with Crippen LogP contribution in [0.3, 0.4) is 0 Å². The highest BCUT2D eigenvalue weighted by Crippen LogP contribution is 2.35. The van der Waals surface area contributed by atoms with Gasteiger partial charge in [0.05, 0.1) is 6.04 Å². The Morgan fingerprint density at radius 3 is 2.60 bits per heavy atom. The SMILES string of the molecule is Fc1cc(Br)cc(F)c1NC1CSCc2ccccc21. The van der Waals surface area contributed by atoms with E-state index in [0.717, 1.165) is 17.1 Å². The van der Waals surface area contributed by atoms with Gasteiger partial charge in [0, 0.05) is 16.0 Å². The first kappa shape index (κ1) is 13.9. The van der Waals surface area contributed by atoms with Crippen molar-refractivity contribution in [3.8, 4) is 0 Å². The van der Waals surface area contributed by atoms with Gasteiger partial charge >= 0.3 is 0 Å². The fourth-order valence-electron chi connectivity index (χ4n) is 2.36. The second-order valence-electron chi connectivity index (χ2n) is 4.66. The van der Waals surface area contributed by atoms with Gasteiger partial charge < -0.3 is 5.32 Å². The van der Waals surface area contributed by atoms with Crippen molar-refractivity contribution in [3.05, 3.63) is 63.6 Å². The zero-order valence-corrected chi connectivity index (χ0v) is 12.9. The first-order chi connectivity index (χ1) is 9.65. The van der Waals surface area contributed by atoms with Gasteiger partial charge in [-0.3, -0.25) is 0 Å². The van der Waals surface area contributed by atoms with Gasteiger partial charge in [0.1, 0.15) is 17.3 Å². The van der Waals surface area contributed by atoms with Crippen LogP contribution in [0, 0.1) is 11.6 Å². The number of nitrogens with one attached hydrogen (secondary N) is 1. The highest BCUT2D eigenvalue weighted by atomic mass is 79.9. The van der Waals surface area contributed by atoms with Crippen LogP contribution in [-0.2, 0) is 5.75 Å². The molecule has 1 unspecified atom stereocenters. The Morgan fingerprint density at radius 2 is 1.85 bits per heavy atom. The number of hydrogen-bond donors (Lipinski definition) is 1. The van der Waals surface area contributed by atoms with E-state index in [1.165, 1.54) is 17.7 Å². The van der Waals surface area contributed by atoms with Crippen LogP contribution in [0.5, 0.6) is 0 Å². The lowest BCUT2D eigenvalue weighted by atomic mass is 10.0. The average molecular weight is 356 g/mol. The Hall–Kier alpha value is -1.07. The molecule has 104 valence electrons. The molecule has 2 aromatic rings. The minimum Gasteiger partial charge on any atom is -0.373 e. The molecule has 2 aromatic carbocycles. The smallest absolute Gasteiger partial charge is 0.150 e. The second kappa shape index (κ2) is 5.74. The molecule has 0 aromatic heterocycles. The third-order valence-electron chi connectivity index (χ3n) is 3.30. The summed E-state index contributed by atoms with van der Waals surface area (Å²) < 4.78 is 28.2. The summed E-state index contributed by atoms with van der Waals surface area (Å²) in [5, 5.41) is 3.01. The Labute approximate surface area is 128 Å². The number of hydrogen-bond acceptors (Lipinski definition) is 2. The highest BCUT2D eigenvalue weighted by molar-refractivity contribution is 9.10. The van der Waals surface area contributed by atoms with E-state index in [1.807, 2.05) is 18.2 Å². The first-order valence-corrected chi connectivity index (χ1v) is 8.16. The molecule has 0 bridgehead atoms. The van der Waals surface area contributed by atoms with Crippen molar-refractivity contribution in [3.63, 3.8) is 0 Å². The molecule has 1 nitrogen and oxygen atoms in total. The lowest BCUT2D eigenvalue weighted by Gasteiger charge is -2.27. The van der Waals surface area contributed by atoms with E-state index in [4.69, 9.17) is 0 Å². The molecular weight excluding hydrogens is 344 g/mol. The van der Waals surface area contributed by atoms with Crippen LogP contribution in [0.15, 0.2) is 40.9 Å². The number of thioether (sulfide) groups is 1. The highest BCUT2D eigenvalue weighted by Gasteiger charge is 2.22. The monoisotopic (exact) mass is 355 g/mol. The quantitative estimate of drug-likeness (QED) is 0.801. The first-order valence-electron chi connectivity index (χ1n) is 6.22. The summed E-state index contributed by atoms with van der Waals surface area (Å²) in [7, 11) is 0. The molecule has 3 rings (SSSR count). The van der Waals surface area contributed by atoms with Gasteiger partial charge in [0.15, 0.2) is 0 Å². The third kappa shape index (κ3) is 2.69.